The lowest BCUT2D eigenvalue weighted by Gasteiger charge is -2.18. The maximum Gasteiger partial charge on any atom is 0.227 e. The van der Waals surface area contributed by atoms with Gasteiger partial charge in [-0.2, -0.15) is 5.10 Å². The summed E-state index contributed by atoms with van der Waals surface area (Å²) in [4.78, 5) is 14.1. The molecule has 1 heterocycles. The molecule has 2 rings (SSSR count). The van der Waals surface area contributed by atoms with E-state index in [0.29, 0.717) is 23.0 Å². The fraction of sp³-hybridized carbons (Fsp3) is 0.375. The number of benzene rings is 1. The van der Waals surface area contributed by atoms with Crippen molar-refractivity contribution in [3.05, 3.63) is 50.8 Å². The van der Waals surface area contributed by atoms with Crippen molar-refractivity contribution < 1.29 is 4.79 Å². The van der Waals surface area contributed by atoms with E-state index in [2.05, 4.69) is 5.10 Å². The smallest absolute Gasteiger partial charge is 0.227 e. The van der Waals surface area contributed by atoms with E-state index in [-0.39, 0.29) is 5.91 Å². The molecule has 0 saturated heterocycles. The van der Waals surface area contributed by atoms with Gasteiger partial charge in [0.15, 0.2) is 0 Å². The molecule has 0 aliphatic rings. The van der Waals surface area contributed by atoms with Gasteiger partial charge in [0.2, 0.25) is 5.91 Å². The lowest BCUT2D eigenvalue weighted by atomic mass is 10.1. The maximum absolute atomic E-state index is 12.4. The van der Waals surface area contributed by atoms with E-state index in [0.717, 1.165) is 22.5 Å². The average molecular weight is 340 g/mol. The van der Waals surface area contributed by atoms with Gasteiger partial charge in [0.1, 0.15) is 0 Å². The number of likely N-dealkylation sites (N-methyl/N-ethyl adjacent to an activating group) is 1. The van der Waals surface area contributed by atoms with E-state index < -0.39 is 0 Å². The van der Waals surface area contributed by atoms with Gasteiger partial charge in [0.25, 0.3) is 0 Å². The minimum Gasteiger partial charge on any atom is -0.341 e. The highest BCUT2D eigenvalue weighted by Gasteiger charge is 2.17. The largest absolute Gasteiger partial charge is 0.341 e. The molecule has 1 amide bonds. The Balaban J connectivity index is 2.11. The Labute approximate surface area is 140 Å². The van der Waals surface area contributed by atoms with E-state index in [4.69, 9.17) is 23.2 Å². The molecule has 0 N–H and O–H groups in total. The van der Waals surface area contributed by atoms with Gasteiger partial charge in [-0.1, -0.05) is 35.3 Å². The summed E-state index contributed by atoms with van der Waals surface area (Å²) >= 11 is 12.2. The Bertz CT molecular complexity index is 710. The minimum absolute atomic E-state index is 0.0234. The quantitative estimate of drug-likeness (QED) is 0.854. The van der Waals surface area contributed by atoms with E-state index in [1.165, 1.54) is 0 Å². The fourth-order valence-corrected chi connectivity index (χ4v) is 2.75. The van der Waals surface area contributed by atoms with Gasteiger partial charge in [-0.3, -0.25) is 9.48 Å². The first-order valence-corrected chi connectivity index (χ1v) is 7.72. The second-order valence-electron chi connectivity index (χ2n) is 5.41. The third-order valence-electron chi connectivity index (χ3n) is 3.85. The number of hydrogen-bond acceptors (Lipinski definition) is 2. The van der Waals surface area contributed by atoms with Crippen LogP contribution in [-0.2, 0) is 24.8 Å². The summed E-state index contributed by atoms with van der Waals surface area (Å²) in [5, 5.41) is 5.34. The number of halogens is 2. The van der Waals surface area contributed by atoms with Crippen molar-refractivity contribution in [1.29, 1.82) is 0 Å². The van der Waals surface area contributed by atoms with Gasteiger partial charge in [-0.15, -0.1) is 0 Å². The first-order chi connectivity index (χ1) is 10.3. The van der Waals surface area contributed by atoms with Crippen LogP contribution in [0.1, 0.15) is 22.5 Å². The zero-order chi connectivity index (χ0) is 16.4. The Morgan fingerprint density at radius 2 is 2.00 bits per heavy atom. The summed E-state index contributed by atoms with van der Waals surface area (Å²) in [5.74, 6) is 0.0234. The second kappa shape index (κ2) is 6.71. The molecule has 22 heavy (non-hydrogen) atoms. The van der Waals surface area contributed by atoms with Crippen molar-refractivity contribution in [2.45, 2.75) is 26.8 Å². The van der Waals surface area contributed by atoms with E-state index in [9.17, 15) is 4.79 Å². The predicted octanol–water partition coefficient (Wildman–Crippen LogP) is 3.54. The van der Waals surface area contributed by atoms with Crippen LogP contribution in [0.2, 0.25) is 10.0 Å². The van der Waals surface area contributed by atoms with E-state index >= 15 is 0 Å². The van der Waals surface area contributed by atoms with E-state index in [1.807, 2.05) is 33.0 Å². The van der Waals surface area contributed by atoms with Gasteiger partial charge in [0, 0.05) is 31.9 Å². The molecule has 1 aromatic carbocycles. The highest BCUT2D eigenvalue weighted by molar-refractivity contribution is 6.42. The second-order valence-corrected chi connectivity index (χ2v) is 6.20. The first kappa shape index (κ1) is 16.8. The molecule has 6 heteroatoms. The number of hydrogen-bond donors (Lipinski definition) is 0. The Morgan fingerprint density at radius 3 is 2.59 bits per heavy atom. The van der Waals surface area contributed by atoms with Crippen molar-refractivity contribution in [3.8, 4) is 0 Å². The predicted molar refractivity (Wildman–Crippen MR) is 89.3 cm³/mol. The third-order valence-corrected chi connectivity index (χ3v) is 4.71. The van der Waals surface area contributed by atoms with Crippen LogP contribution in [0.4, 0.5) is 0 Å². The lowest BCUT2D eigenvalue weighted by molar-refractivity contribution is -0.129. The number of aromatic nitrogens is 2. The van der Waals surface area contributed by atoms with Crippen LogP contribution in [0, 0.1) is 13.8 Å². The van der Waals surface area contributed by atoms with Crippen LogP contribution in [0.3, 0.4) is 0 Å². The molecule has 0 radical (unpaired) electrons. The summed E-state index contributed by atoms with van der Waals surface area (Å²) in [6.45, 7) is 4.32. The summed E-state index contributed by atoms with van der Waals surface area (Å²) in [6, 6.07) is 5.44. The zero-order valence-electron chi connectivity index (χ0n) is 13.2. The number of carbonyl (C=O) groups is 1. The Morgan fingerprint density at radius 1 is 1.32 bits per heavy atom. The van der Waals surface area contributed by atoms with Gasteiger partial charge < -0.3 is 4.90 Å². The summed E-state index contributed by atoms with van der Waals surface area (Å²) < 4.78 is 1.80. The molecule has 2 aromatic rings. The topological polar surface area (TPSA) is 38.1 Å². The summed E-state index contributed by atoms with van der Waals surface area (Å²) in [6.07, 6.45) is 0.334. The van der Waals surface area contributed by atoms with Crippen LogP contribution in [0.25, 0.3) is 0 Å². The van der Waals surface area contributed by atoms with Crippen molar-refractivity contribution in [2.75, 3.05) is 7.05 Å². The van der Waals surface area contributed by atoms with Crippen molar-refractivity contribution >= 4 is 29.1 Å². The molecule has 0 unspecified atom stereocenters. The lowest BCUT2D eigenvalue weighted by Crippen LogP contribution is -2.28. The van der Waals surface area contributed by atoms with Crippen LogP contribution in [0.5, 0.6) is 0 Å². The van der Waals surface area contributed by atoms with Crippen LogP contribution in [0.15, 0.2) is 18.2 Å². The Hall–Kier alpha value is -1.52. The van der Waals surface area contributed by atoms with Crippen molar-refractivity contribution in [3.63, 3.8) is 0 Å². The molecule has 0 atom stereocenters. The van der Waals surface area contributed by atoms with Gasteiger partial charge in [-0.25, -0.2) is 0 Å². The molecular weight excluding hydrogens is 321 g/mol. The van der Waals surface area contributed by atoms with Crippen molar-refractivity contribution in [1.82, 2.24) is 14.7 Å². The molecule has 0 saturated carbocycles. The number of rotatable bonds is 4. The highest BCUT2D eigenvalue weighted by Crippen LogP contribution is 2.26. The standard InChI is InChI=1S/C16H19Cl2N3O/c1-10-13(11(2)21(4)19-10)8-15(22)20(3)9-12-6-5-7-14(17)16(12)18/h5-7H,8-9H2,1-4H3. The molecule has 4 nitrogen and oxygen atoms in total. The molecule has 1 aromatic heterocycles. The zero-order valence-corrected chi connectivity index (χ0v) is 14.7. The molecule has 0 spiro atoms. The summed E-state index contributed by atoms with van der Waals surface area (Å²) in [7, 11) is 3.65. The number of aryl methyl sites for hydroxylation is 2. The van der Waals surface area contributed by atoms with Crippen LogP contribution in [-0.4, -0.2) is 27.6 Å². The van der Waals surface area contributed by atoms with Crippen LogP contribution < -0.4 is 0 Å². The number of carbonyl (C=O) groups excluding carboxylic acids is 1. The van der Waals surface area contributed by atoms with Gasteiger partial charge in [0.05, 0.1) is 22.2 Å². The third kappa shape index (κ3) is 3.45. The molecule has 118 valence electrons. The number of amides is 1. The van der Waals surface area contributed by atoms with Gasteiger partial charge in [-0.05, 0) is 25.5 Å². The highest BCUT2D eigenvalue weighted by atomic mass is 35.5. The van der Waals surface area contributed by atoms with Crippen molar-refractivity contribution in [2.24, 2.45) is 7.05 Å². The molecule has 0 fully saturated rings. The monoisotopic (exact) mass is 339 g/mol. The summed E-state index contributed by atoms with van der Waals surface area (Å²) in [5.41, 5.74) is 3.73. The molecule has 0 bridgehead atoms. The van der Waals surface area contributed by atoms with Crippen LogP contribution >= 0.6 is 23.2 Å². The Kier molecular flexibility index (Phi) is 5.14. The van der Waals surface area contributed by atoms with E-state index in [1.54, 1.807) is 22.7 Å². The average Bonchev–Trinajstić information content (AvgIpc) is 2.70. The first-order valence-electron chi connectivity index (χ1n) is 6.97. The SMILES string of the molecule is Cc1nn(C)c(C)c1CC(=O)N(C)Cc1cccc(Cl)c1Cl. The molecular formula is C16H19Cl2N3O. The fourth-order valence-electron chi connectivity index (χ4n) is 2.37. The molecule has 0 aliphatic heterocycles. The normalized spacial score (nSPS) is 10.8. The number of nitrogens with zero attached hydrogens (tertiary/aromatic N) is 3. The minimum atomic E-state index is 0.0234. The van der Waals surface area contributed by atoms with Gasteiger partial charge >= 0.3 is 0 Å². The molecule has 0 aliphatic carbocycles. The maximum atomic E-state index is 12.4.